The summed E-state index contributed by atoms with van der Waals surface area (Å²) < 4.78 is 0. The molecule has 0 saturated carbocycles. The lowest BCUT2D eigenvalue weighted by molar-refractivity contribution is 0.466. The second kappa shape index (κ2) is 6.28. The molecule has 1 N–H and O–H groups in total. The summed E-state index contributed by atoms with van der Waals surface area (Å²) in [5.41, 5.74) is 1.66. The molecule has 1 fully saturated rings. The Balaban J connectivity index is 1.73. The zero-order valence-corrected chi connectivity index (χ0v) is 12.1. The van der Waals surface area contributed by atoms with Gasteiger partial charge in [0.15, 0.2) is 5.17 Å². The van der Waals surface area contributed by atoms with Crippen LogP contribution in [0.2, 0.25) is 0 Å². The molecular formula is C15H22N2S. The van der Waals surface area contributed by atoms with Crippen molar-refractivity contribution >= 4 is 16.9 Å². The number of benzene rings is 1. The fraction of sp³-hybridized carbons (Fsp3) is 0.533. The van der Waals surface area contributed by atoms with Gasteiger partial charge in [0.05, 0.1) is 0 Å². The second-order valence-corrected chi connectivity index (χ2v) is 6.07. The van der Waals surface area contributed by atoms with E-state index in [2.05, 4.69) is 54.5 Å². The maximum atomic E-state index is 4.65. The molecule has 98 valence electrons. The average Bonchev–Trinajstić information content (AvgIpc) is 2.79. The maximum absolute atomic E-state index is 4.65. The Hall–Kier alpha value is -0.960. The minimum atomic E-state index is 0.253. The molecule has 1 aliphatic rings. The summed E-state index contributed by atoms with van der Waals surface area (Å²) >= 11 is 1.86. The van der Waals surface area contributed by atoms with Crippen LogP contribution >= 0.6 is 11.8 Å². The highest BCUT2D eigenvalue weighted by atomic mass is 32.2. The lowest BCUT2D eigenvalue weighted by Crippen LogP contribution is -2.39. The van der Waals surface area contributed by atoms with Gasteiger partial charge in [0.1, 0.15) is 0 Å². The molecule has 2 nitrogen and oxygen atoms in total. The highest BCUT2D eigenvalue weighted by Gasteiger charge is 2.30. The number of aliphatic imine (C=N–C) groups is 1. The Bertz CT molecular complexity index is 402. The monoisotopic (exact) mass is 262 g/mol. The number of aryl methyl sites for hydroxylation is 1. The zero-order valence-electron chi connectivity index (χ0n) is 11.3. The number of hydrogen-bond acceptors (Lipinski definition) is 2. The summed E-state index contributed by atoms with van der Waals surface area (Å²) in [5.74, 6) is 1.14. The summed E-state index contributed by atoms with van der Waals surface area (Å²) in [5, 5.41) is 4.66. The molecule has 1 atom stereocenters. The van der Waals surface area contributed by atoms with Crippen molar-refractivity contribution in [3.8, 4) is 0 Å². The quantitative estimate of drug-likeness (QED) is 0.822. The van der Waals surface area contributed by atoms with Crippen LogP contribution in [-0.2, 0) is 6.42 Å². The van der Waals surface area contributed by atoms with Gasteiger partial charge in [-0.2, -0.15) is 0 Å². The van der Waals surface area contributed by atoms with Gasteiger partial charge in [-0.05, 0) is 31.7 Å². The minimum Gasteiger partial charge on any atom is -0.359 e. The van der Waals surface area contributed by atoms with Crippen molar-refractivity contribution in [1.29, 1.82) is 0 Å². The lowest BCUT2D eigenvalue weighted by Gasteiger charge is -2.20. The molecule has 1 heterocycles. The van der Waals surface area contributed by atoms with Crippen LogP contribution in [-0.4, -0.2) is 23.0 Å². The summed E-state index contributed by atoms with van der Waals surface area (Å²) in [6.45, 7) is 5.42. The molecule has 3 heteroatoms. The molecule has 18 heavy (non-hydrogen) atoms. The summed E-state index contributed by atoms with van der Waals surface area (Å²) in [4.78, 5) is 4.65. The van der Waals surface area contributed by atoms with Gasteiger partial charge in [-0.3, -0.25) is 4.99 Å². The summed E-state index contributed by atoms with van der Waals surface area (Å²) in [6.07, 6.45) is 3.40. The SMILES string of the molecule is CCC1(C)CSC(=NCCCc2ccccc2)N1. The second-order valence-electron chi connectivity index (χ2n) is 5.10. The Morgan fingerprint density at radius 1 is 1.33 bits per heavy atom. The fourth-order valence-electron chi connectivity index (χ4n) is 1.94. The maximum Gasteiger partial charge on any atom is 0.157 e. The fourth-order valence-corrected chi connectivity index (χ4v) is 3.17. The van der Waals surface area contributed by atoms with Crippen molar-refractivity contribution in [1.82, 2.24) is 5.32 Å². The normalized spacial score (nSPS) is 25.3. The summed E-state index contributed by atoms with van der Waals surface area (Å²) in [6, 6.07) is 10.6. The van der Waals surface area contributed by atoms with Gasteiger partial charge in [-0.25, -0.2) is 0 Å². The van der Waals surface area contributed by atoms with Gasteiger partial charge in [-0.15, -0.1) is 0 Å². The molecule has 0 radical (unpaired) electrons. The first-order chi connectivity index (χ1) is 8.72. The van der Waals surface area contributed by atoms with Gasteiger partial charge < -0.3 is 5.32 Å². The van der Waals surface area contributed by atoms with Crippen LogP contribution in [0.1, 0.15) is 32.3 Å². The van der Waals surface area contributed by atoms with Gasteiger partial charge in [-0.1, -0.05) is 49.0 Å². The van der Waals surface area contributed by atoms with E-state index in [1.807, 2.05) is 11.8 Å². The largest absolute Gasteiger partial charge is 0.359 e. The molecule has 1 unspecified atom stereocenters. The Morgan fingerprint density at radius 3 is 2.78 bits per heavy atom. The zero-order chi connectivity index (χ0) is 12.8. The smallest absolute Gasteiger partial charge is 0.157 e. The first-order valence-corrected chi connectivity index (χ1v) is 7.70. The molecule has 2 rings (SSSR count). The van der Waals surface area contributed by atoms with E-state index < -0.39 is 0 Å². The van der Waals surface area contributed by atoms with Crippen LogP contribution in [0.25, 0.3) is 0 Å². The molecule has 1 aromatic rings. The van der Waals surface area contributed by atoms with Crippen molar-refractivity contribution in [3.63, 3.8) is 0 Å². The van der Waals surface area contributed by atoms with Crippen molar-refractivity contribution in [2.45, 2.75) is 38.6 Å². The van der Waals surface area contributed by atoms with Crippen LogP contribution in [0.4, 0.5) is 0 Å². The molecule has 0 spiro atoms. The number of thioether (sulfide) groups is 1. The molecule has 0 aliphatic carbocycles. The van der Waals surface area contributed by atoms with Crippen LogP contribution in [0.3, 0.4) is 0 Å². The number of nitrogens with one attached hydrogen (secondary N) is 1. The Kier molecular flexibility index (Phi) is 4.70. The molecule has 0 amide bonds. The van der Waals surface area contributed by atoms with Crippen LogP contribution < -0.4 is 5.32 Å². The third-order valence-corrected chi connectivity index (χ3v) is 4.72. The standard InChI is InChI=1S/C15H22N2S/c1-3-15(2)12-18-14(17-15)16-11-7-10-13-8-5-4-6-9-13/h4-6,8-9H,3,7,10-12H2,1-2H3,(H,16,17). The van der Waals surface area contributed by atoms with Crippen molar-refractivity contribution < 1.29 is 0 Å². The molecular weight excluding hydrogens is 240 g/mol. The van der Waals surface area contributed by atoms with E-state index in [1.54, 1.807) is 0 Å². The van der Waals surface area contributed by atoms with Gasteiger partial charge >= 0.3 is 0 Å². The van der Waals surface area contributed by atoms with E-state index in [4.69, 9.17) is 0 Å². The van der Waals surface area contributed by atoms with Crippen LogP contribution in [0.5, 0.6) is 0 Å². The van der Waals surface area contributed by atoms with Crippen LogP contribution in [0.15, 0.2) is 35.3 Å². The highest BCUT2D eigenvalue weighted by molar-refractivity contribution is 8.14. The van der Waals surface area contributed by atoms with Gasteiger partial charge in [0.2, 0.25) is 0 Å². The number of hydrogen-bond donors (Lipinski definition) is 1. The lowest BCUT2D eigenvalue weighted by atomic mass is 10.0. The Morgan fingerprint density at radius 2 is 2.11 bits per heavy atom. The first-order valence-electron chi connectivity index (χ1n) is 6.71. The van der Waals surface area contributed by atoms with Crippen molar-refractivity contribution in [2.24, 2.45) is 4.99 Å². The minimum absolute atomic E-state index is 0.253. The van der Waals surface area contributed by atoms with E-state index in [9.17, 15) is 0 Å². The van der Waals surface area contributed by atoms with Crippen LogP contribution in [0, 0.1) is 0 Å². The van der Waals surface area contributed by atoms with Crippen molar-refractivity contribution in [2.75, 3.05) is 12.3 Å². The third kappa shape index (κ3) is 3.77. The van der Waals surface area contributed by atoms with E-state index in [-0.39, 0.29) is 5.54 Å². The van der Waals surface area contributed by atoms with Gasteiger partial charge in [0.25, 0.3) is 0 Å². The molecule has 1 aliphatic heterocycles. The first kappa shape index (κ1) is 13.5. The highest BCUT2D eigenvalue weighted by Crippen LogP contribution is 2.25. The topological polar surface area (TPSA) is 24.4 Å². The molecule has 1 aromatic carbocycles. The van der Waals surface area contributed by atoms with E-state index in [1.165, 1.54) is 5.56 Å². The van der Waals surface area contributed by atoms with E-state index in [0.29, 0.717) is 0 Å². The predicted octanol–water partition coefficient (Wildman–Crippen LogP) is 3.48. The molecule has 1 saturated heterocycles. The average molecular weight is 262 g/mol. The van der Waals surface area contributed by atoms with Crippen molar-refractivity contribution in [3.05, 3.63) is 35.9 Å². The van der Waals surface area contributed by atoms with E-state index >= 15 is 0 Å². The third-order valence-electron chi connectivity index (χ3n) is 3.44. The molecule has 0 aromatic heterocycles. The number of amidine groups is 1. The van der Waals surface area contributed by atoms with Gasteiger partial charge in [0, 0.05) is 17.8 Å². The predicted molar refractivity (Wildman–Crippen MR) is 81.4 cm³/mol. The molecule has 0 bridgehead atoms. The number of nitrogens with zero attached hydrogens (tertiary/aromatic N) is 1. The summed E-state index contributed by atoms with van der Waals surface area (Å²) in [7, 11) is 0. The Labute approximate surface area is 114 Å². The van der Waals surface area contributed by atoms with E-state index in [0.717, 1.165) is 36.7 Å². The number of rotatable bonds is 5.